The van der Waals surface area contributed by atoms with Crippen LogP contribution in [0, 0.1) is 6.92 Å². The molecule has 2 aromatic heterocycles. The maximum Gasteiger partial charge on any atom is 0.228 e. The molecule has 0 saturated heterocycles. The van der Waals surface area contributed by atoms with Crippen LogP contribution >= 0.6 is 0 Å². The Morgan fingerprint density at radius 3 is 2.89 bits per heavy atom. The number of nitrogens with zero attached hydrogens (tertiary/aromatic N) is 4. The molecule has 1 amide bonds. The lowest BCUT2D eigenvalue weighted by molar-refractivity contribution is -0.129. The topological polar surface area (TPSA) is 74.8 Å². The number of nitrogens with one attached hydrogen (secondary N) is 1. The fourth-order valence-corrected chi connectivity index (χ4v) is 1.55. The van der Waals surface area contributed by atoms with Gasteiger partial charge in [0.25, 0.3) is 0 Å². The first-order valence-corrected chi connectivity index (χ1v) is 5.67. The summed E-state index contributed by atoms with van der Waals surface area (Å²) < 4.78 is 0. The van der Waals surface area contributed by atoms with E-state index in [-0.39, 0.29) is 5.91 Å². The quantitative estimate of drug-likeness (QED) is 0.860. The number of rotatable bonds is 4. The van der Waals surface area contributed by atoms with Crippen molar-refractivity contribution in [1.29, 1.82) is 0 Å². The third-order valence-electron chi connectivity index (χ3n) is 2.51. The van der Waals surface area contributed by atoms with Crippen molar-refractivity contribution in [2.24, 2.45) is 0 Å². The minimum atomic E-state index is -0.00356. The Balaban J connectivity index is 1.93. The number of pyridine rings is 1. The van der Waals surface area contributed by atoms with E-state index in [9.17, 15) is 4.79 Å². The van der Waals surface area contributed by atoms with Gasteiger partial charge in [-0.1, -0.05) is 6.07 Å². The van der Waals surface area contributed by atoms with Gasteiger partial charge >= 0.3 is 0 Å². The van der Waals surface area contributed by atoms with Crippen LogP contribution in [0.5, 0.6) is 0 Å². The maximum atomic E-state index is 11.9. The van der Waals surface area contributed by atoms with Crippen molar-refractivity contribution in [1.82, 2.24) is 25.1 Å². The van der Waals surface area contributed by atoms with Crippen molar-refractivity contribution in [2.75, 3.05) is 7.05 Å². The van der Waals surface area contributed by atoms with Crippen molar-refractivity contribution in [3.8, 4) is 0 Å². The van der Waals surface area contributed by atoms with E-state index in [2.05, 4.69) is 20.2 Å². The van der Waals surface area contributed by atoms with Gasteiger partial charge in [-0.15, -0.1) is 0 Å². The van der Waals surface area contributed by atoms with E-state index in [1.54, 1.807) is 18.1 Å². The highest BCUT2D eigenvalue weighted by atomic mass is 16.2. The summed E-state index contributed by atoms with van der Waals surface area (Å²) in [4.78, 5) is 21.8. The Kier molecular flexibility index (Phi) is 3.66. The van der Waals surface area contributed by atoms with Crippen molar-refractivity contribution in [3.05, 3.63) is 41.7 Å². The van der Waals surface area contributed by atoms with Crippen LogP contribution in [0.2, 0.25) is 0 Å². The van der Waals surface area contributed by atoms with Crippen molar-refractivity contribution >= 4 is 5.91 Å². The van der Waals surface area contributed by atoms with Crippen molar-refractivity contribution in [2.45, 2.75) is 19.9 Å². The third kappa shape index (κ3) is 3.13. The number of aromatic amines is 1. The summed E-state index contributed by atoms with van der Waals surface area (Å²) in [6, 6.07) is 5.53. The molecule has 2 aromatic rings. The highest BCUT2D eigenvalue weighted by molar-refractivity contribution is 5.77. The molecule has 0 spiro atoms. The van der Waals surface area contributed by atoms with E-state index in [0.29, 0.717) is 18.8 Å². The predicted octanol–water partition coefficient (Wildman–Crippen LogP) is 0.709. The van der Waals surface area contributed by atoms with Crippen LogP contribution in [0.25, 0.3) is 0 Å². The van der Waals surface area contributed by atoms with Crippen LogP contribution in [0.3, 0.4) is 0 Å². The standard InChI is InChI=1S/C12H15N5O/c1-9-14-11(16-15-9)8-17(2)12(18)7-10-5-3-4-6-13-10/h3-6H,7-8H2,1-2H3,(H,14,15,16). The zero-order valence-corrected chi connectivity index (χ0v) is 10.4. The number of aromatic nitrogens is 4. The molecule has 0 saturated carbocycles. The van der Waals surface area contributed by atoms with Gasteiger partial charge in [0.15, 0.2) is 5.82 Å². The number of carbonyl (C=O) groups excluding carboxylic acids is 1. The second-order valence-electron chi connectivity index (χ2n) is 4.08. The summed E-state index contributed by atoms with van der Waals surface area (Å²) in [7, 11) is 1.73. The normalized spacial score (nSPS) is 10.3. The molecular weight excluding hydrogens is 230 g/mol. The number of H-pyrrole nitrogens is 1. The number of hydrogen-bond donors (Lipinski definition) is 1. The second-order valence-corrected chi connectivity index (χ2v) is 4.08. The average Bonchev–Trinajstić information content (AvgIpc) is 2.76. The minimum absolute atomic E-state index is 0.00356. The Bertz CT molecular complexity index is 522. The summed E-state index contributed by atoms with van der Waals surface area (Å²) in [5, 5.41) is 6.75. The number of hydrogen-bond acceptors (Lipinski definition) is 4. The van der Waals surface area contributed by atoms with Gasteiger partial charge < -0.3 is 4.90 Å². The molecule has 1 N–H and O–H groups in total. The molecule has 0 aliphatic carbocycles. The van der Waals surface area contributed by atoms with Crippen LogP contribution < -0.4 is 0 Å². The van der Waals surface area contributed by atoms with Gasteiger partial charge in [0.1, 0.15) is 5.82 Å². The van der Waals surface area contributed by atoms with Gasteiger partial charge in [-0.25, -0.2) is 4.98 Å². The Morgan fingerprint density at radius 2 is 2.28 bits per heavy atom. The van der Waals surface area contributed by atoms with E-state index < -0.39 is 0 Å². The van der Waals surface area contributed by atoms with Gasteiger partial charge in [-0.2, -0.15) is 5.10 Å². The first kappa shape index (κ1) is 12.2. The molecule has 0 bridgehead atoms. The van der Waals surface area contributed by atoms with E-state index in [4.69, 9.17) is 0 Å². The van der Waals surface area contributed by atoms with Gasteiger partial charge in [0.05, 0.1) is 13.0 Å². The largest absolute Gasteiger partial charge is 0.338 e. The molecular formula is C12H15N5O. The van der Waals surface area contributed by atoms with Crippen LogP contribution in [0.15, 0.2) is 24.4 Å². The molecule has 0 fully saturated rings. The molecule has 0 aliphatic heterocycles. The monoisotopic (exact) mass is 245 g/mol. The Hall–Kier alpha value is -2.24. The lowest BCUT2D eigenvalue weighted by Gasteiger charge is -2.14. The molecule has 0 radical (unpaired) electrons. The highest BCUT2D eigenvalue weighted by Gasteiger charge is 2.12. The average molecular weight is 245 g/mol. The van der Waals surface area contributed by atoms with E-state index in [1.165, 1.54) is 0 Å². The first-order valence-electron chi connectivity index (χ1n) is 5.67. The van der Waals surface area contributed by atoms with Gasteiger partial charge in [-0.3, -0.25) is 14.9 Å². The lowest BCUT2D eigenvalue weighted by Crippen LogP contribution is -2.28. The van der Waals surface area contributed by atoms with Crippen molar-refractivity contribution < 1.29 is 4.79 Å². The third-order valence-corrected chi connectivity index (χ3v) is 2.51. The van der Waals surface area contributed by atoms with E-state index >= 15 is 0 Å². The second kappa shape index (κ2) is 5.39. The number of aryl methyl sites for hydroxylation is 1. The molecule has 94 valence electrons. The Morgan fingerprint density at radius 1 is 1.44 bits per heavy atom. The smallest absolute Gasteiger partial charge is 0.228 e. The Labute approximate surface area is 105 Å². The summed E-state index contributed by atoms with van der Waals surface area (Å²) >= 11 is 0. The summed E-state index contributed by atoms with van der Waals surface area (Å²) in [6.07, 6.45) is 1.97. The zero-order valence-electron chi connectivity index (χ0n) is 10.4. The van der Waals surface area contributed by atoms with Crippen molar-refractivity contribution in [3.63, 3.8) is 0 Å². The molecule has 6 heteroatoms. The molecule has 2 heterocycles. The minimum Gasteiger partial charge on any atom is -0.338 e. The molecule has 0 aromatic carbocycles. The summed E-state index contributed by atoms with van der Waals surface area (Å²) in [6.45, 7) is 2.22. The molecule has 0 aliphatic rings. The van der Waals surface area contributed by atoms with E-state index in [0.717, 1.165) is 11.5 Å². The number of amides is 1. The van der Waals surface area contributed by atoms with Gasteiger partial charge in [0.2, 0.25) is 5.91 Å². The highest BCUT2D eigenvalue weighted by Crippen LogP contribution is 2.01. The molecule has 18 heavy (non-hydrogen) atoms. The number of carbonyl (C=O) groups is 1. The van der Waals surface area contributed by atoms with Crippen LogP contribution in [-0.4, -0.2) is 38.0 Å². The zero-order chi connectivity index (χ0) is 13.0. The van der Waals surface area contributed by atoms with E-state index in [1.807, 2.05) is 25.1 Å². The number of likely N-dealkylation sites (N-methyl/N-ethyl adjacent to an activating group) is 1. The van der Waals surface area contributed by atoms with Gasteiger partial charge in [0, 0.05) is 18.9 Å². The molecule has 2 rings (SSSR count). The SMILES string of the molecule is Cc1nc(CN(C)C(=O)Cc2ccccn2)n[nH]1. The fourth-order valence-electron chi connectivity index (χ4n) is 1.55. The summed E-state index contributed by atoms with van der Waals surface area (Å²) in [5.74, 6) is 1.36. The molecule has 0 unspecified atom stereocenters. The lowest BCUT2D eigenvalue weighted by atomic mass is 10.2. The first-order chi connectivity index (χ1) is 8.65. The molecule has 0 atom stereocenters. The van der Waals surface area contributed by atoms with Crippen LogP contribution in [-0.2, 0) is 17.8 Å². The van der Waals surface area contributed by atoms with Gasteiger partial charge in [-0.05, 0) is 19.1 Å². The summed E-state index contributed by atoms with van der Waals surface area (Å²) in [5.41, 5.74) is 0.764. The predicted molar refractivity (Wildman–Crippen MR) is 65.5 cm³/mol. The van der Waals surface area contributed by atoms with Crippen LogP contribution in [0.4, 0.5) is 0 Å². The maximum absolute atomic E-state index is 11.9. The van der Waals surface area contributed by atoms with Crippen LogP contribution in [0.1, 0.15) is 17.3 Å². The fraction of sp³-hybridized carbons (Fsp3) is 0.333. The molecule has 6 nitrogen and oxygen atoms in total.